The third-order valence-corrected chi connectivity index (χ3v) is 2.78. The van der Waals surface area contributed by atoms with E-state index in [1.54, 1.807) is 23.9 Å². The van der Waals surface area contributed by atoms with Gasteiger partial charge in [0.05, 0.1) is 5.02 Å². The van der Waals surface area contributed by atoms with Crippen molar-refractivity contribution >= 4 is 23.4 Å². The Labute approximate surface area is 81.7 Å². The van der Waals surface area contributed by atoms with Gasteiger partial charge in [-0.1, -0.05) is 25.4 Å². The first-order chi connectivity index (χ1) is 5.59. The van der Waals surface area contributed by atoms with Gasteiger partial charge in [-0.25, -0.2) is 0 Å². The van der Waals surface area contributed by atoms with Crippen LogP contribution in [-0.4, -0.2) is 10.4 Å². The van der Waals surface area contributed by atoms with Crippen molar-refractivity contribution in [1.29, 1.82) is 0 Å². The lowest BCUT2D eigenvalue weighted by Crippen LogP contribution is -1.86. The Hall–Kier alpha value is -0.340. The van der Waals surface area contributed by atoms with Gasteiger partial charge in [-0.3, -0.25) is 0 Å². The molecule has 0 aliphatic carbocycles. The van der Waals surface area contributed by atoms with Gasteiger partial charge in [0.25, 0.3) is 0 Å². The number of thioether (sulfide) groups is 1. The summed E-state index contributed by atoms with van der Waals surface area (Å²) in [6.07, 6.45) is 0. The molecule has 1 aromatic rings. The maximum Gasteiger partial charge on any atom is 0.117 e. The molecule has 1 N–H and O–H groups in total. The van der Waals surface area contributed by atoms with Crippen molar-refractivity contribution in [2.75, 3.05) is 0 Å². The average molecular weight is 203 g/mol. The first-order valence-corrected chi connectivity index (χ1v) is 5.00. The lowest BCUT2D eigenvalue weighted by Gasteiger charge is -2.06. The predicted molar refractivity (Wildman–Crippen MR) is 54.1 cm³/mol. The van der Waals surface area contributed by atoms with Gasteiger partial charge in [-0.15, -0.1) is 11.8 Å². The molecular weight excluding hydrogens is 192 g/mol. The van der Waals surface area contributed by atoms with Crippen LogP contribution in [0.3, 0.4) is 0 Å². The minimum absolute atomic E-state index is 0.216. The number of halogens is 1. The van der Waals surface area contributed by atoms with Crippen LogP contribution in [0.4, 0.5) is 0 Å². The maximum atomic E-state index is 9.08. The van der Waals surface area contributed by atoms with Gasteiger partial charge >= 0.3 is 0 Å². The van der Waals surface area contributed by atoms with Crippen molar-refractivity contribution in [2.45, 2.75) is 24.0 Å². The highest BCUT2D eigenvalue weighted by molar-refractivity contribution is 8.00. The largest absolute Gasteiger partial charge is 0.508 e. The summed E-state index contributed by atoms with van der Waals surface area (Å²) >= 11 is 7.58. The molecule has 0 atom stereocenters. The van der Waals surface area contributed by atoms with E-state index in [0.29, 0.717) is 10.3 Å². The minimum atomic E-state index is 0.216. The molecular formula is C9H11ClOS. The molecule has 0 aromatic heterocycles. The van der Waals surface area contributed by atoms with E-state index in [1.165, 1.54) is 0 Å². The summed E-state index contributed by atoms with van der Waals surface area (Å²) in [7, 11) is 0. The Morgan fingerprint density at radius 2 is 2.08 bits per heavy atom. The maximum absolute atomic E-state index is 9.08. The van der Waals surface area contributed by atoms with Crippen molar-refractivity contribution in [1.82, 2.24) is 0 Å². The Bertz CT molecular complexity index is 273. The highest BCUT2D eigenvalue weighted by Crippen LogP contribution is 2.32. The van der Waals surface area contributed by atoms with Crippen LogP contribution in [0.25, 0.3) is 0 Å². The summed E-state index contributed by atoms with van der Waals surface area (Å²) in [6.45, 7) is 4.21. The molecule has 1 nitrogen and oxygen atoms in total. The molecule has 1 rings (SSSR count). The fourth-order valence-corrected chi connectivity index (χ4v) is 1.97. The molecule has 0 spiro atoms. The summed E-state index contributed by atoms with van der Waals surface area (Å²) in [5, 5.41) is 10.2. The molecule has 0 aliphatic heterocycles. The first kappa shape index (κ1) is 9.75. The summed E-state index contributed by atoms with van der Waals surface area (Å²) in [4.78, 5) is 1.02. The lowest BCUT2D eigenvalue weighted by atomic mass is 10.3. The van der Waals surface area contributed by atoms with Crippen molar-refractivity contribution in [3.05, 3.63) is 23.2 Å². The van der Waals surface area contributed by atoms with E-state index >= 15 is 0 Å². The van der Waals surface area contributed by atoms with Gasteiger partial charge in [0, 0.05) is 10.1 Å². The molecule has 0 saturated heterocycles. The quantitative estimate of drug-likeness (QED) is 0.741. The van der Waals surface area contributed by atoms with Crippen LogP contribution in [0.5, 0.6) is 5.75 Å². The van der Waals surface area contributed by atoms with Gasteiger partial charge in [0.1, 0.15) is 5.75 Å². The third-order valence-electron chi connectivity index (χ3n) is 1.28. The summed E-state index contributed by atoms with van der Waals surface area (Å²) in [5.74, 6) is 0.216. The highest BCUT2D eigenvalue weighted by Gasteiger charge is 2.03. The molecule has 0 bridgehead atoms. The molecule has 1 aromatic carbocycles. The van der Waals surface area contributed by atoms with Crippen molar-refractivity contribution in [2.24, 2.45) is 0 Å². The second-order valence-corrected chi connectivity index (χ2v) is 4.81. The number of aromatic hydroxyl groups is 1. The standard InChI is InChI=1S/C9H11ClOS/c1-6(2)12-9-4-3-7(11)5-8(9)10/h3-6,11H,1-2H3. The Balaban J connectivity index is 2.86. The Morgan fingerprint density at radius 1 is 1.42 bits per heavy atom. The van der Waals surface area contributed by atoms with E-state index in [-0.39, 0.29) is 5.75 Å². The summed E-state index contributed by atoms with van der Waals surface area (Å²) < 4.78 is 0. The van der Waals surface area contributed by atoms with Crippen LogP contribution >= 0.6 is 23.4 Å². The monoisotopic (exact) mass is 202 g/mol. The van der Waals surface area contributed by atoms with Crippen molar-refractivity contribution in [3.8, 4) is 5.75 Å². The number of phenolic OH excluding ortho intramolecular Hbond substituents is 1. The normalized spacial score (nSPS) is 10.7. The fraction of sp³-hybridized carbons (Fsp3) is 0.333. The summed E-state index contributed by atoms with van der Waals surface area (Å²) in [5.41, 5.74) is 0. The molecule has 0 heterocycles. The topological polar surface area (TPSA) is 20.2 Å². The van der Waals surface area contributed by atoms with Crippen LogP contribution in [0.1, 0.15) is 13.8 Å². The zero-order chi connectivity index (χ0) is 9.14. The molecule has 12 heavy (non-hydrogen) atoms. The Morgan fingerprint density at radius 3 is 2.58 bits per heavy atom. The average Bonchev–Trinajstić information content (AvgIpc) is 1.94. The zero-order valence-corrected chi connectivity index (χ0v) is 8.62. The van der Waals surface area contributed by atoms with Crippen LogP contribution in [0, 0.1) is 0 Å². The molecule has 0 saturated carbocycles. The second-order valence-electron chi connectivity index (χ2n) is 2.78. The number of phenols is 1. The molecule has 0 fully saturated rings. The van der Waals surface area contributed by atoms with E-state index < -0.39 is 0 Å². The molecule has 3 heteroatoms. The smallest absolute Gasteiger partial charge is 0.117 e. The third kappa shape index (κ3) is 2.61. The van der Waals surface area contributed by atoms with Gasteiger partial charge in [0.15, 0.2) is 0 Å². The van der Waals surface area contributed by atoms with Gasteiger partial charge < -0.3 is 5.11 Å². The van der Waals surface area contributed by atoms with Gasteiger partial charge in [0.2, 0.25) is 0 Å². The van der Waals surface area contributed by atoms with Crippen LogP contribution in [0.15, 0.2) is 23.1 Å². The van der Waals surface area contributed by atoms with E-state index in [1.807, 2.05) is 6.07 Å². The lowest BCUT2D eigenvalue weighted by molar-refractivity contribution is 0.475. The molecule has 66 valence electrons. The molecule has 0 radical (unpaired) electrons. The van der Waals surface area contributed by atoms with Crippen LogP contribution in [-0.2, 0) is 0 Å². The number of hydrogen-bond acceptors (Lipinski definition) is 2. The zero-order valence-electron chi connectivity index (χ0n) is 7.04. The van der Waals surface area contributed by atoms with Gasteiger partial charge in [-0.05, 0) is 18.2 Å². The van der Waals surface area contributed by atoms with Crippen molar-refractivity contribution in [3.63, 3.8) is 0 Å². The second kappa shape index (κ2) is 4.06. The van der Waals surface area contributed by atoms with Gasteiger partial charge in [-0.2, -0.15) is 0 Å². The SMILES string of the molecule is CC(C)Sc1ccc(O)cc1Cl. The van der Waals surface area contributed by atoms with Crippen LogP contribution in [0.2, 0.25) is 5.02 Å². The number of rotatable bonds is 2. The van der Waals surface area contributed by atoms with E-state index in [2.05, 4.69) is 13.8 Å². The van der Waals surface area contributed by atoms with E-state index in [9.17, 15) is 0 Å². The van der Waals surface area contributed by atoms with Crippen molar-refractivity contribution < 1.29 is 5.11 Å². The minimum Gasteiger partial charge on any atom is -0.508 e. The highest BCUT2D eigenvalue weighted by atomic mass is 35.5. The predicted octanol–water partition coefficient (Wildman–Crippen LogP) is 3.55. The molecule has 0 unspecified atom stereocenters. The fourth-order valence-electron chi connectivity index (χ4n) is 0.839. The number of hydrogen-bond donors (Lipinski definition) is 1. The summed E-state index contributed by atoms with van der Waals surface area (Å²) in [6, 6.07) is 5.05. The number of benzene rings is 1. The first-order valence-electron chi connectivity index (χ1n) is 3.75. The van der Waals surface area contributed by atoms with Crippen LogP contribution < -0.4 is 0 Å². The Kier molecular flexibility index (Phi) is 3.29. The molecule has 0 aliphatic rings. The molecule has 0 amide bonds. The van der Waals surface area contributed by atoms with E-state index in [4.69, 9.17) is 16.7 Å². The van der Waals surface area contributed by atoms with E-state index in [0.717, 1.165) is 4.90 Å².